The number of hydrogen-bond donors (Lipinski definition) is 0. The summed E-state index contributed by atoms with van der Waals surface area (Å²) >= 11 is 0. The molecule has 0 heterocycles. The number of rotatable bonds is 6. The molecule has 0 amide bonds. The molecule has 0 aliphatic heterocycles. The van der Waals surface area contributed by atoms with Crippen molar-refractivity contribution in [2.24, 2.45) is 0 Å². The number of benzene rings is 2. The van der Waals surface area contributed by atoms with Crippen LogP contribution in [0.1, 0.15) is 76.0 Å². The van der Waals surface area contributed by atoms with Gasteiger partial charge in [-0.05, 0) is 52.1 Å². The highest BCUT2D eigenvalue weighted by molar-refractivity contribution is 7.28. The average Bonchev–Trinajstić information content (AvgIpc) is 2.60. The van der Waals surface area contributed by atoms with E-state index in [2.05, 4.69) is 62.9 Å². The van der Waals surface area contributed by atoms with Crippen LogP contribution >= 0.6 is 9.24 Å². The molecule has 0 radical (unpaired) electrons. The van der Waals surface area contributed by atoms with Crippen LogP contribution in [0.25, 0.3) is 11.1 Å². The van der Waals surface area contributed by atoms with E-state index < -0.39 is 0 Å². The molecular formula is C23H33O2P. The van der Waals surface area contributed by atoms with E-state index in [0.29, 0.717) is 17.8 Å². The van der Waals surface area contributed by atoms with Crippen LogP contribution in [-0.4, -0.2) is 14.2 Å². The number of ether oxygens (including phenoxy) is 2. The lowest BCUT2D eigenvalue weighted by Gasteiger charge is -2.25. The van der Waals surface area contributed by atoms with Gasteiger partial charge in [-0.1, -0.05) is 53.7 Å². The fraction of sp³-hybridized carbons (Fsp3) is 0.478. The van der Waals surface area contributed by atoms with Crippen LogP contribution in [0.4, 0.5) is 0 Å². The minimum Gasteiger partial charge on any atom is -0.496 e. The third-order valence-corrected chi connectivity index (χ3v) is 5.56. The van der Waals surface area contributed by atoms with Gasteiger partial charge in [0.25, 0.3) is 0 Å². The maximum atomic E-state index is 5.76. The van der Waals surface area contributed by atoms with Crippen molar-refractivity contribution in [3.63, 3.8) is 0 Å². The molecule has 142 valence electrons. The SMILES string of the molecule is COc1ccc(OC)c(-c2c(C(C)C)cc(C(C)C)cc2C(C)C)c1P. The molecule has 0 bridgehead atoms. The number of hydrogen-bond acceptors (Lipinski definition) is 2. The molecule has 0 N–H and O–H groups in total. The summed E-state index contributed by atoms with van der Waals surface area (Å²) in [5.74, 6) is 3.09. The van der Waals surface area contributed by atoms with E-state index in [1.54, 1.807) is 14.2 Å². The van der Waals surface area contributed by atoms with Gasteiger partial charge in [-0.15, -0.1) is 9.24 Å². The lowest BCUT2D eigenvalue weighted by molar-refractivity contribution is 0.407. The third kappa shape index (κ3) is 3.91. The Bertz CT molecular complexity index is 747. The van der Waals surface area contributed by atoms with Crippen molar-refractivity contribution in [2.45, 2.75) is 59.3 Å². The highest BCUT2D eigenvalue weighted by atomic mass is 31.0. The molecule has 2 nitrogen and oxygen atoms in total. The summed E-state index contributed by atoms with van der Waals surface area (Å²) in [6.45, 7) is 13.6. The molecule has 0 aliphatic carbocycles. The summed E-state index contributed by atoms with van der Waals surface area (Å²) in [7, 11) is 6.31. The predicted octanol–water partition coefficient (Wildman–Crippen LogP) is 6.24. The fourth-order valence-corrected chi connectivity index (χ4v) is 3.93. The normalized spacial score (nSPS) is 11.5. The van der Waals surface area contributed by atoms with Crippen LogP contribution in [0.3, 0.4) is 0 Å². The first-order valence-corrected chi connectivity index (χ1v) is 9.99. The Labute approximate surface area is 161 Å². The molecule has 0 spiro atoms. The molecule has 2 rings (SSSR count). The summed E-state index contributed by atoms with van der Waals surface area (Å²) < 4.78 is 11.4. The second-order valence-electron chi connectivity index (χ2n) is 7.80. The van der Waals surface area contributed by atoms with E-state index in [9.17, 15) is 0 Å². The fourth-order valence-electron chi connectivity index (χ4n) is 3.43. The van der Waals surface area contributed by atoms with E-state index in [0.717, 1.165) is 22.4 Å². The van der Waals surface area contributed by atoms with Crippen LogP contribution in [0.15, 0.2) is 24.3 Å². The van der Waals surface area contributed by atoms with Crippen LogP contribution in [0, 0.1) is 0 Å². The van der Waals surface area contributed by atoms with Crippen molar-refractivity contribution in [1.29, 1.82) is 0 Å². The number of methoxy groups -OCH3 is 2. The minimum atomic E-state index is 0.418. The summed E-state index contributed by atoms with van der Waals surface area (Å²) in [6, 6.07) is 8.72. The Balaban J connectivity index is 2.97. The quantitative estimate of drug-likeness (QED) is 0.559. The molecular weight excluding hydrogens is 339 g/mol. The molecule has 0 aromatic heterocycles. The second kappa shape index (κ2) is 8.44. The monoisotopic (exact) mass is 372 g/mol. The highest BCUT2D eigenvalue weighted by Gasteiger charge is 2.23. The van der Waals surface area contributed by atoms with Gasteiger partial charge in [0, 0.05) is 10.9 Å². The van der Waals surface area contributed by atoms with E-state index in [1.807, 2.05) is 12.1 Å². The topological polar surface area (TPSA) is 18.5 Å². The smallest absolute Gasteiger partial charge is 0.127 e. The van der Waals surface area contributed by atoms with Crippen molar-refractivity contribution in [3.05, 3.63) is 41.0 Å². The van der Waals surface area contributed by atoms with Gasteiger partial charge in [0.2, 0.25) is 0 Å². The minimum absolute atomic E-state index is 0.418. The van der Waals surface area contributed by atoms with Gasteiger partial charge in [0.1, 0.15) is 11.5 Å². The van der Waals surface area contributed by atoms with E-state index in [1.165, 1.54) is 22.3 Å². The van der Waals surface area contributed by atoms with E-state index >= 15 is 0 Å². The molecule has 1 unspecified atom stereocenters. The van der Waals surface area contributed by atoms with Gasteiger partial charge in [0.05, 0.1) is 14.2 Å². The molecule has 2 aromatic carbocycles. The Hall–Kier alpha value is -1.53. The van der Waals surface area contributed by atoms with Crippen molar-refractivity contribution < 1.29 is 9.47 Å². The molecule has 1 atom stereocenters. The van der Waals surface area contributed by atoms with E-state index in [4.69, 9.17) is 9.47 Å². The van der Waals surface area contributed by atoms with E-state index in [-0.39, 0.29) is 0 Å². The molecule has 0 saturated heterocycles. The van der Waals surface area contributed by atoms with Gasteiger partial charge in [0.15, 0.2) is 0 Å². The van der Waals surface area contributed by atoms with Gasteiger partial charge in [-0.25, -0.2) is 0 Å². The van der Waals surface area contributed by atoms with Crippen LogP contribution in [0.5, 0.6) is 11.5 Å². The standard InChI is InChI=1S/C23H33O2P/c1-13(2)16-11-17(14(3)4)21(18(12-16)15(5)6)22-19(24-7)9-10-20(25-8)23(22)26/h9-15H,26H2,1-8H3. The van der Waals surface area contributed by atoms with Crippen LogP contribution in [0.2, 0.25) is 0 Å². The summed E-state index contributed by atoms with van der Waals surface area (Å²) in [5.41, 5.74) is 6.55. The zero-order valence-corrected chi connectivity index (χ0v) is 18.6. The first-order valence-electron chi connectivity index (χ1n) is 9.41. The zero-order valence-electron chi connectivity index (χ0n) is 17.4. The Morgan fingerprint density at radius 1 is 0.692 bits per heavy atom. The predicted molar refractivity (Wildman–Crippen MR) is 117 cm³/mol. The maximum absolute atomic E-state index is 5.76. The molecule has 0 fully saturated rings. The average molecular weight is 372 g/mol. The van der Waals surface area contributed by atoms with Gasteiger partial charge < -0.3 is 9.47 Å². The molecule has 3 heteroatoms. The Kier molecular flexibility index (Phi) is 6.74. The zero-order chi connectivity index (χ0) is 19.6. The van der Waals surface area contributed by atoms with Crippen molar-refractivity contribution >= 4 is 14.5 Å². The van der Waals surface area contributed by atoms with Crippen molar-refractivity contribution in [3.8, 4) is 22.6 Å². The first kappa shape index (κ1) is 20.8. The van der Waals surface area contributed by atoms with Gasteiger partial charge in [-0.2, -0.15) is 0 Å². The van der Waals surface area contributed by atoms with Gasteiger partial charge in [-0.3, -0.25) is 0 Å². The first-order chi connectivity index (χ1) is 12.2. The second-order valence-corrected chi connectivity index (χ2v) is 8.37. The third-order valence-electron chi connectivity index (χ3n) is 4.99. The summed E-state index contributed by atoms with van der Waals surface area (Å²) in [6.07, 6.45) is 0. The lowest BCUT2D eigenvalue weighted by Crippen LogP contribution is -2.10. The van der Waals surface area contributed by atoms with Gasteiger partial charge >= 0.3 is 0 Å². The molecule has 0 aliphatic rings. The lowest BCUT2D eigenvalue weighted by atomic mass is 9.81. The molecule has 2 aromatic rings. The highest BCUT2D eigenvalue weighted by Crippen LogP contribution is 2.43. The molecule has 0 saturated carbocycles. The largest absolute Gasteiger partial charge is 0.496 e. The van der Waals surface area contributed by atoms with Crippen LogP contribution < -0.4 is 14.8 Å². The Morgan fingerprint density at radius 3 is 1.54 bits per heavy atom. The van der Waals surface area contributed by atoms with Crippen molar-refractivity contribution in [2.75, 3.05) is 14.2 Å². The summed E-state index contributed by atoms with van der Waals surface area (Å²) in [4.78, 5) is 0. The summed E-state index contributed by atoms with van der Waals surface area (Å²) in [5, 5.41) is 1.05. The maximum Gasteiger partial charge on any atom is 0.127 e. The molecule has 26 heavy (non-hydrogen) atoms. The van der Waals surface area contributed by atoms with Crippen LogP contribution in [-0.2, 0) is 0 Å². The van der Waals surface area contributed by atoms with Crippen molar-refractivity contribution in [1.82, 2.24) is 0 Å². The Morgan fingerprint density at radius 2 is 1.15 bits per heavy atom.